The Morgan fingerprint density at radius 1 is 0.467 bits per heavy atom. The van der Waals surface area contributed by atoms with Gasteiger partial charge in [-0.2, -0.15) is 0 Å². The molecule has 0 aliphatic carbocycles. The molecule has 0 saturated carbocycles. The van der Waals surface area contributed by atoms with Crippen molar-refractivity contribution in [3.63, 3.8) is 0 Å². The highest BCUT2D eigenvalue weighted by molar-refractivity contribution is 8.00. The number of H-pyrrole nitrogens is 2. The van der Waals surface area contributed by atoms with Crippen LogP contribution in [0.15, 0.2) is 205 Å². The van der Waals surface area contributed by atoms with Crippen molar-refractivity contribution >= 4 is 107 Å². The fourth-order valence-corrected chi connectivity index (χ4v) is 15.8. The number of nitrogens with one attached hydrogen (secondary N) is 2. The summed E-state index contributed by atoms with van der Waals surface area (Å²) in [5, 5.41) is 3.22. The summed E-state index contributed by atoms with van der Waals surface area (Å²) >= 11 is 4.75. The average Bonchev–Trinajstić information content (AvgIpc) is 1.65. The molecule has 0 atom stereocenters. The van der Waals surface area contributed by atoms with Crippen molar-refractivity contribution in [3.8, 4) is 57.1 Å². The van der Waals surface area contributed by atoms with Crippen LogP contribution in [0.4, 0.5) is 5.69 Å². The lowest BCUT2D eigenvalue weighted by Gasteiger charge is -2.28. The Morgan fingerprint density at radius 3 is 1.43 bits per heavy atom. The maximum Gasteiger partial charge on any atom is 0.253 e. The van der Waals surface area contributed by atoms with Crippen LogP contribution < -0.4 is 9.64 Å². The van der Waals surface area contributed by atoms with Gasteiger partial charge in [-0.15, -0.1) is 0 Å². The number of fused-ring (bicyclic) bond motifs is 20. The number of carbonyl (C=O) groups excluding carboxylic acids is 2. The van der Waals surface area contributed by atoms with Gasteiger partial charge in [-0.1, -0.05) is 102 Å². The number of rotatable bonds is 15. The number of hydrogen-bond donors (Lipinski definition) is 2. The standard InChI is InChI=1S/C70H59N11O5S4/c1-5-79(6-2)69(82)42-26-34-47(35-27-42)88-55-24-14-19-50-59(55)67-74-62(50)72-65-57-49(18-12-22-53(57)86-45-32-30-44(31-33-45)81-38-40-90(84,85)41-39-81)61(71-65)73-66-58-51(20-13-23-54(58)87-46-16-10-9-11-17-46)63(75-66)77-68-60-52(64(76-67)78-68)21-15-25-56(60)89-48-36-28-43(29-37-48)70(83)80(7-3)8-4/h9-37H,5-8,38-41H2,1-4H3,(H2,71,72,73,74,75,76,77,78). The third-order valence-electron chi connectivity index (χ3n) is 16.3. The summed E-state index contributed by atoms with van der Waals surface area (Å²) in [7, 11) is -3.06. The molecule has 20 heteroatoms. The van der Waals surface area contributed by atoms with Gasteiger partial charge >= 0.3 is 0 Å². The lowest BCUT2D eigenvalue weighted by atomic mass is 10.1. The van der Waals surface area contributed by atoms with Crippen molar-refractivity contribution in [3.05, 3.63) is 187 Å². The quantitative estimate of drug-likeness (QED) is 0.0983. The highest BCUT2D eigenvalue weighted by Crippen LogP contribution is 2.47. The molecule has 3 aromatic heterocycles. The normalized spacial score (nSPS) is 13.3. The van der Waals surface area contributed by atoms with Gasteiger partial charge in [0, 0.05) is 124 Å². The van der Waals surface area contributed by atoms with Gasteiger partial charge < -0.3 is 29.4 Å². The Hall–Kier alpha value is -9.34. The van der Waals surface area contributed by atoms with Gasteiger partial charge in [-0.25, -0.2) is 38.3 Å². The van der Waals surface area contributed by atoms with E-state index in [2.05, 4.69) is 45.2 Å². The van der Waals surface area contributed by atoms with Gasteiger partial charge in [0.25, 0.3) is 11.8 Å². The predicted molar refractivity (Wildman–Crippen MR) is 360 cm³/mol. The molecule has 11 aromatic rings. The zero-order valence-corrected chi connectivity index (χ0v) is 52.9. The summed E-state index contributed by atoms with van der Waals surface area (Å²) in [6.45, 7) is 11.2. The molecule has 2 N–H and O–H groups in total. The summed E-state index contributed by atoms with van der Waals surface area (Å²) in [4.78, 5) is 78.2. The van der Waals surface area contributed by atoms with Gasteiger partial charge in [-0.05, 0) is 137 Å². The van der Waals surface area contributed by atoms with Crippen LogP contribution in [0.1, 0.15) is 48.4 Å². The van der Waals surface area contributed by atoms with E-state index in [1.54, 1.807) is 35.3 Å². The molecule has 8 bridgehead atoms. The van der Waals surface area contributed by atoms with Crippen LogP contribution in [0.5, 0.6) is 11.5 Å². The maximum absolute atomic E-state index is 13.4. The van der Waals surface area contributed by atoms with Crippen molar-refractivity contribution in [2.75, 3.05) is 55.7 Å². The van der Waals surface area contributed by atoms with E-state index in [1.807, 2.05) is 183 Å². The lowest BCUT2D eigenvalue weighted by Crippen LogP contribution is -2.40. The van der Waals surface area contributed by atoms with E-state index in [4.69, 9.17) is 34.6 Å². The molecule has 14 rings (SSSR count). The summed E-state index contributed by atoms with van der Waals surface area (Å²) in [5.41, 5.74) is 7.08. The largest absolute Gasteiger partial charge is 0.457 e. The Kier molecular flexibility index (Phi) is 15.9. The van der Waals surface area contributed by atoms with Gasteiger partial charge in [0.1, 0.15) is 34.1 Å². The number of hydrogen-bond acceptors (Lipinski definition) is 15. The van der Waals surface area contributed by atoms with Crippen LogP contribution >= 0.6 is 35.3 Å². The Balaban J connectivity index is 0.991. The first-order chi connectivity index (χ1) is 43.9. The van der Waals surface area contributed by atoms with Crippen LogP contribution in [0.25, 0.3) is 89.7 Å². The third kappa shape index (κ3) is 11.3. The van der Waals surface area contributed by atoms with E-state index < -0.39 is 9.84 Å². The predicted octanol–water partition coefficient (Wildman–Crippen LogP) is 15.3. The highest BCUT2D eigenvalue weighted by atomic mass is 32.2. The maximum atomic E-state index is 13.4. The first-order valence-corrected chi connectivity index (χ1v) is 34.2. The SMILES string of the molecule is CCN(CC)C(=O)c1ccc(Sc2cccc3c2-c2nc-3nc3[nH]c(nc4nc(nc5[nH]c(n2)c2cccc(Sc6ccccc6)c52)-c2cccc(Oc5ccc(N6CCS(=O)(=O)CC6)cc5)c2-4)c2cccc(Sc4ccc(C(=O)N(CC)CC)cc4)c32)cc1. The average molecular weight is 1260 g/mol. The first-order valence-electron chi connectivity index (χ1n) is 29.9. The summed E-state index contributed by atoms with van der Waals surface area (Å²) < 4.78 is 31.4. The minimum absolute atomic E-state index is 0.0112. The van der Waals surface area contributed by atoms with E-state index in [0.29, 0.717) is 119 Å². The van der Waals surface area contributed by atoms with Crippen molar-refractivity contribution in [1.82, 2.24) is 49.7 Å². The zero-order valence-electron chi connectivity index (χ0n) is 49.6. The van der Waals surface area contributed by atoms with Crippen molar-refractivity contribution in [2.45, 2.75) is 57.1 Å². The molecule has 1 fully saturated rings. The van der Waals surface area contributed by atoms with Gasteiger partial charge in [0.2, 0.25) is 0 Å². The summed E-state index contributed by atoms with van der Waals surface area (Å²) in [6, 6.07) is 57.5. The number of benzene rings is 8. The molecule has 2 amide bonds. The van der Waals surface area contributed by atoms with E-state index in [9.17, 15) is 18.0 Å². The molecule has 0 unspecified atom stereocenters. The molecule has 90 heavy (non-hydrogen) atoms. The molecule has 0 radical (unpaired) electrons. The highest BCUT2D eigenvalue weighted by Gasteiger charge is 2.29. The molecule has 448 valence electrons. The van der Waals surface area contributed by atoms with Crippen molar-refractivity contribution in [2.24, 2.45) is 0 Å². The topological polar surface area (TPSA) is 196 Å². The Bertz CT molecular complexity index is 4910. The van der Waals surface area contributed by atoms with Gasteiger partial charge in [0.05, 0.1) is 17.1 Å². The zero-order chi connectivity index (χ0) is 61.6. The van der Waals surface area contributed by atoms with Crippen LogP contribution in [0, 0.1) is 0 Å². The second-order valence-electron chi connectivity index (χ2n) is 21.7. The van der Waals surface area contributed by atoms with E-state index >= 15 is 0 Å². The number of nitrogens with zero attached hydrogens (tertiary/aromatic N) is 9. The Labute approximate surface area is 532 Å². The number of carbonyl (C=O) groups is 2. The second kappa shape index (κ2) is 24.6. The summed E-state index contributed by atoms with van der Waals surface area (Å²) in [5.74, 6) is 2.88. The van der Waals surface area contributed by atoms with E-state index in [0.717, 1.165) is 67.7 Å². The smallest absolute Gasteiger partial charge is 0.253 e. The molecular formula is C70H59N11O5S4. The number of aromatic amines is 2. The minimum Gasteiger partial charge on any atom is -0.457 e. The number of sulfone groups is 1. The molecule has 3 aliphatic heterocycles. The molecule has 1 saturated heterocycles. The molecule has 3 aliphatic rings. The monoisotopic (exact) mass is 1260 g/mol. The van der Waals surface area contributed by atoms with E-state index in [1.165, 1.54) is 0 Å². The third-order valence-corrected chi connectivity index (χ3v) is 21.1. The Morgan fingerprint density at radius 2 is 0.911 bits per heavy atom. The first kappa shape index (κ1) is 58.3. The van der Waals surface area contributed by atoms with Crippen LogP contribution in [-0.2, 0) is 9.84 Å². The van der Waals surface area contributed by atoms with Crippen LogP contribution in [-0.4, -0.2) is 121 Å². The molecule has 8 aromatic carbocycles. The number of anilines is 1. The fraction of sp³-hybridized carbons (Fsp3) is 0.171. The van der Waals surface area contributed by atoms with Crippen molar-refractivity contribution < 1.29 is 22.7 Å². The van der Waals surface area contributed by atoms with Gasteiger partial charge in [0.15, 0.2) is 33.1 Å². The number of amides is 2. The van der Waals surface area contributed by atoms with Crippen molar-refractivity contribution in [1.29, 1.82) is 0 Å². The fourth-order valence-electron chi connectivity index (χ4n) is 11.6. The minimum atomic E-state index is -3.06. The molecular weight excluding hydrogens is 1200 g/mol. The summed E-state index contributed by atoms with van der Waals surface area (Å²) in [6.07, 6.45) is 0. The van der Waals surface area contributed by atoms with Crippen LogP contribution in [0.2, 0.25) is 0 Å². The molecule has 6 heterocycles. The second-order valence-corrected chi connectivity index (χ2v) is 27.3. The lowest BCUT2D eigenvalue weighted by molar-refractivity contribution is 0.0765. The van der Waals surface area contributed by atoms with Crippen LogP contribution in [0.3, 0.4) is 0 Å². The molecule has 0 spiro atoms. The van der Waals surface area contributed by atoms with Gasteiger partial charge in [-0.3, -0.25) is 9.59 Å². The van der Waals surface area contributed by atoms with E-state index in [-0.39, 0.29) is 23.3 Å². The number of aromatic nitrogens is 8. The molecule has 16 nitrogen and oxygen atoms in total. The number of ether oxygens (including phenoxy) is 1.